The van der Waals surface area contributed by atoms with E-state index in [2.05, 4.69) is 4.99 Å². The van der Waals surface area contributed by atoms with Crippen molar-refractivity contribution in [3.05, 3.63) is 64.9 Å². The molecule has 2 unspecified atom stereocenters. The molecule has 10 heteroatoms. The summed E-state index contributed by atoms with van der Waals surface area (Å²) in [4.78, 5) is 45.9. The number of hydrogen-bond acceptors (Lipinski definition) is 5. The van der Waals surface area contributed by atoms with Crippen LogP contribution in [0.25, 0.3) is 0 Å². The van der Waals surface area contributed by atoms with Crippen LogP contribution in [0.15, 0.2) is 53.5 Å². The molecule has 1 aliphatic rings. The van der Waals surface area contributed by atoms with Crippen LogP contribution in [0.1, 0.15) is 45.2 Å². The summed E-state index contributed by atoms with van der Waals surface area (Å²) in [6.45, 7) is 5.99. The van der Waals surface area contributed by atoms with Crippen LogP contribution in [0.2, 0.25) is 5.02 Å². The van der Waals surface area contributed by atoms with E-state index in [0.717, 1.165) is 0 Å². The number of rotatable bonds is 11. The minimum atomic E-state index is -0.781. The summed E-state index contributed by atoms with van der Waals surface area (Å²) < 4.78 is 24.0. The van der Waals surface area contributed by atoms with Gasteiger partial charge in [0, 0.05) is 30.9 Å². The Balaban J connectivity index is 1.65. The highest BCUT2D eigenvalue weighted by atomic mass is 35.5. The van der Waals surface area contributed by atoms with Crippen molar-refractivity contribution < 1.29 is 28.2 Å². The Labute approximate surface area is 227 Å². The average molecular weight is 546 g/mol. The van der Waals surface area contributed by atoms with E-state index in [9.17, 15) is 18.8 Å². The number of benzene rings is 2. The van der Waals surface area contributed by atoms with Gasteiger partial charge in [-0.25, -0.2) is 14.2 Å². The second kappa shape index (κ2) is 13.4. The molecule has 2 aromatic rings. The normalized spacial score (nSPS) is 17.3. The molecule has 0 fully saturated rings. The number of ether oxygens (including phenoxy) is 2. The van der Waals surface area contributed by atoms with Gasteiger partial charge in [-0.15, -0.1) is 0 Å². The van der Waals surface area contributed by atoms with Crippen LogP contribution in [0, 0.1) is 11.7 Å². The molecule has 0 radical (unpaired) electrons. The maximum Gasteiger partial charge on any atom is 0.344 e. The van der Waals surface area contributed by atoms with Crippen LogP contribution in [0.5, 0.6) is 5.75 Å². The molecule has 0 spiro atoms. The molecule has 1 heterocycles. The first kappa shape index (κ1) is 29.1. The predicted octanol–water partition coefficient (Wildman–Crippen LogP) is 5.30. The highest BCUT2D eigenvalue weighted by molar-refractivity contribution is 6.30. The van der Waals surface area contributed by atoms with E-state index in [1.807, 2.05) is 6.07 Å². The SMILES string of the molecule is CC1=NC(=O)N(CCCN(C)C(=O)CCOc2ccc(F)cc2)C(c2cccc(Cl)c2)C1C(=O)OC(C)C. The van der Waals surface area contributed by atoms with Gasteiger partial charge in [0.2, 0.25) is 5.91 Å². The molecule has 0 N–H and O–H groups in total. The van der Waals surface area contributed by atoms with Gasteiger partial charge in [0.25, 0.3) is 0 Å². The first-order valence-electron chi connectivity index (χ1n) is 12.5. The molecule has 0 saturated heterocycles. The summed E-state index contributed by atoms with van der Waals surface area (Å²) in [6, 6.07) is 11.5. The van der Waals surface area contributed by atoms with E-state index >= 15 is 0 Å². The lowest BCUT2D eigenvalue weighted by molar-refractivity contribution is -0.151. The fourth-order valence-corrected chi connectivity index (χ4v) is 4.49. The van der Waals surface area contributed by atoms with Gasteiger partial charge >= 0.3 is 12.0 Å². The molecule has 204 valence electrons. The van der Waals surface area contributed by atoms with Gasteiger partial charge in [-0.1, -0.05) is 23.7 Å². The van der Waals surface area contributed by atoms with Crippen molar-refractivity contribution in [2.24, 2.45) is 10.9 Å². The standard InChI is InChI=1S/C28H33ClFN3O5/c1-18(2)38-27(35)25-19(3)31-28(36)33(26(25)20-7-5-8-21(29)17-20)15-6-14-32(4)24(34)13-16-37-23-11-9-22(30)10-12-23/h5,7-12,17-18,25-26H,6,13-16H2,1-4H3. The van der Waals surface area contributed by atoms with Gasteiger partial charge in [-0.05, 0) is 69.2 Å². The van der Waals surface area contributed by atoms with E-state index in [4.69, 9.17) is 21.1 Å². The Bertz CT molecular complexity index is 1170. The summed E-state index contributed by atoms with van der Waals surface area (Å²) >= 11 is 6.24. The topological polar surface area (TPSA) is 88.5 Å². The quantitative estimate of drug-likeness (QED) is 0.357. The maximum atomic E-state index is 13.1. The van der Waals surface area contributed by atoms with Crippen molar-refractivity contribution in [1.82, 2.24) is 9.80 Å². The highest BCUT2D eigenvalue weighted by Gasteiger charge is 2.43. The third-order valence-electron chi connectivity index (χ3n) is 6.13. The van der Waals surface area contributed by atoms with Crippen molar-refractivity contribution in [2.45, 2.75) is 45.8 Å². The third-order valence-corrected chi connectivity index (χ3v) is 6.37. The van der Waals surface area contributed by atoms with E-state index in [0.29, 0.717) is 35.0 Å². The van der Waals surface area contributed by atoms with Crippen LogP contribution in [0.4, 0.5) is 9.18 Å². The Morgan fingerprint density at radius 1 is 1.18 bits per heavy atom. The first-order valence-corrected chi connectivity index (χ1v) is 12.9. The Morgan fingerprint density at radius 2 is 1.89 bits per heavy atom. The van der Waals surface area contributed by atoms with Crippen LogP contribution in [0.3, 0.4) is 0 Å². The Hall–Kier alpha value is -3.46. The van der Waals surface area contributed by atoms with Gasteiger partial charge < -0.3 is 19.3 Å². The smallest absolute Gasteiger partial charge is 0.344 e. The van der Waals surface area contributed by atoms with Gasteiger partial charge in [0.15, 0.2) is 0 Å². The zero-order valence-electron chi connectivity index (χ0n) is 22.0. The lowest BCUT2D eigenvalue weighted by Crippen LogP contribution is -2.48. The monoisotopic (exact) mass is 545 g/mol. The first-order chi connectivity index (χ1) is 18.1. The summed E-state index contributed by atoms with van der Waals surface area (Å²) in [7, 11) is 1.68. The van der Waals surface area contributed by atoms with Crippen molar-refractivity contribution in [3.63, 3.8) is 0 Å². The zero-order valence-corrected chi connectivity index (χ0v) is 22.8. The molecule has 38 heavy (non-hydrogen) atoms. The largest absolute Gasteiger partial charge is 0.493 e. The van der Waals surface area contributed by atoms with E-state index in [-0.39, 0.29) is 37.4 Å². The number of urea groups is 1. The van der Waals surface area contributed by atoms with Crippen LogP contribution < -0.4 is 4.74 Å². The number of aliphatic imine (C=N–C) groups is 1. The van der Waals surface area contributed by atoms with Crippen molar-refractivity contribution in [3.8, 4) is 5.75 Å². The average Bonchev–Trinajstić information content (AvgIpc) is 2.85. The number of esters is 1. The summed E-state index contributed by atoms with van der Waals surface area (Å²) in [5, 5.41) is 0.485. The zero-order chi connectivity index (χ0) is 27.8. The summed E-state index contributed by atoms with van der Waals surface area (Å²) in [6.07, 6.45) is 0.284. The number of carbonyl (C=O) groups is 3. The molecule has 3 rings (SSSR count). The fourth-order valence-electron chi connectivity index (χ4n) is 4.30. The Kier molecular flexibility index (Phi) is 10.2. The number of hydrogen-bond donors (Lipinski definition) is 0. The lowest BCUT2D eigenvalue weighted by Gasteiger charge is -2.39. The van der Waals surface area contributed by atoms with Crippen LogP contribution >= 0.6 is 11.6 Å². The Morgan fingerprint density at radius 3 is 2.55 bits per heavy atom. The van der Waals surface area contributed by atoms with Crippen molar-refractivity contribution in [2.75, 3.05) is 26.7 Å². The third kappa shape index (κ3) is 7.77. The number of amides is 3. The lowest BCUT2D eigenvalue weighted by atomic mass is 9.86. The fraction of sp³-hybridized carbons (Fsp3) is 0.429. The van der Waals surface area contributed by atoms with E-state index < -0.39 is 24.0 Å². The number of nitrogens with zero attached hydrogens (tertiary/aromatic N) is 3. The van der Waals surface area contributed by atoms with Gasteiger partial charge in [0.05, 0.1) is 25.2 Å². The van der Waals surface area contributed by atoms with Gasteiger partial charge in [-0.2, -0.15) is 0 Å². The molecular formula is C28H33ClFN3O5. The van der Waals surface area contributed by atoms with Crippen molar-refractivity contribution in [1.29, 1.82) is 0 Å². The molecular weight excluding hydrogens is 513 g/mol. The minimum Gasteiger partial charge on any atom is -0.493 e. The number of halogens is 2. The highest BCUT2D eigenvalue weighted by Crippen LogP contribution is 2.36. The van der Waals surface area contributed by atoms with E-state index in [1.54, 1.807) is 55.8 Å². The molecule has 0 bridgehead atoms. The molecule has 0 saturated carbocycles. The maximum absolute atomic E-state index is 13.1. The van der Waals surface area contributed by atoms with Gasteiger partial charge in [0.1, 0.15) is 17.5 Å². The second-order valence-corrected chi connectivity index (χ2v) is 9.85. The van der Waals surface area contributed by atoms with Gasteiger partial charge in [-0.3, -0.25) is 9.59 Å². The van der Waals surface area contributed by atoms with E-state index in [1.165, 1.54) is 24.3 Å². The van der Waals surface area contributed by atoms with Crippen molar-refractivity contribution >= 4 is 35.2 Å². The predicted molar refractivity (Wildman–Crippen MR) is 143 cm³/mol. The van der Waals surface area contributed by atoms with Crippen LogP contribution in [-0.2, 0) is 14.3 Å². The molecule has 0 aliphatic carbocycles. The molecule has 2 aromatic carbocycles. The molecule has 0 aromatic heterocycles. The second-order valence-electron chi connectivity index (χ2n) is 9.41. The molecule has 8 nitrogen and oxygen atoms in total. The number of carbonyl (C=O) groups excluding carboxylic acids is 3. The summed E-state index contributed by atoms with van der Waals surface area (Å²) in [5.41, 5.74) is 1.09. The molecule has 3 amide bonds. The minimum absolute atomic E-state index is 0.129. The summed E-state index contributed by atoms with van der Waals surface area (Å²) in [5.74, 6) is -1.25. The molecule has 2 atom stereocenters. The molecule has 1 aliphatic heterocycles. The van der Waals surface area contributed by atoms with Crippen LogP contribution in [-0.4, -0.2) is 66.3 Å².